The molecule has 0 amide bonds. The summed E-state index contributed by atoms with van der Waals surface area (Å²) in [6, 6.07) is 62.7. The Hall–Kier alpha value is -11.4. The predicted molar refractivity (Wildman–Crippen MR) is 316 cm³/mol. The van der Waals surface area contributed by atoms with Crippen molar-refractivity contribution in [2.45, 2.75) is 13.8 Å². The minimum absolute atomic E-state index is 0.249. The van der Waals surface area contributed by atoms with Gasteiger partial charge in [-0.25, -0.2) is 28.8 Å². The Balaban J connectivity index is 0.809. The van der Waals surface area contributed by atoms with Crippen LogP contribution >= 0.6 is 0 Å². The first kappa shape index (κ1) is 55.9. The van der Waals surface area contributed by atoms with Crippen LogP contribution in [0.15, 0.2) is 243 Å². The van der Waals surface area contributed by atoms with Gasteiger partial charge in [-0.05, 0) is 167 Å². The largest absolute Gasteiger partial charge is 0.457 e. The van der Waals surface area contributed by atoms with Crippen molar-refractivity contribution in [3.63, 3.8) is 0 Å². The van der Waals surface area contributed by atoms with Gasteiger partial charge in [0.05, 0.1) is 22.3 Å². The molecule has 0 saturated carbocycles. The fourth-order valence-corrected chi connectivity index (χ4v) is 8.79. The molecule has 0 atom stereocenters. The second-order valence-electron chi connectivity index (χ2n) is 19.1. The second kappa shape index (κ2) is 25.4. The van der Waals surface area contributed by atoms with Crippen molar-refractivity contribution in [1.82, 2.24) is 0 Å². The van der Waals surface area contributed by atoms with Gasteiger partial charge in [0.15, 0.2) is 0 Å². The molecule has 414 valence electrons. The molecule has 0 spiro atoms. The summed E-state index contributed by atoms with van der Waals surface area (Å²) in [5.41, 5.74) is 5.94. The average Bonchev–Trinajstić information content (AvgIpc) is 2.36. The first-order chi connectivity index (χ1) is 40.7. The van der Waals surface area contributed by atoms with Gasteiger partial charge in [0.1, 0.15) is 34.5 Å². The summed E-state index contributed by atoms with van der Waals surface area (Å²) in [7, 11) is 0. The van der Waals surface area contributed by atoms with Gasteiger partial charge in [0.25, 0.3) is 0 Å². The van der Waals surface area contributed by atoms with Crippen LogP contribution in [0.5, 0.6) is 34.5 Å². The molecule has 10 aromatic carbocycles. The topological polar surface area (TPSA) is 176 Å². The van der Waals surface area contributed by atoms with Crippen LogP contribution in [0.2, 0.25) is 0 Å². The highest BCUT2D eigenvalue weighted by Gasteiger charge is 2.24. The molecule has 0 fully saturated rings. The Morgan fingerprint density at radius 2 is 0.607 bits per heavy atom. The normalized spacial score (nSPS) is 10.7. The van der Waals surface area contributed by atoms with Gasteiger partial charge in [-0.2, -0.15) is 0 Å². The third-order valence-corrected chi connectivity index (χ3v) is 13.2. The van der Waals surface area contributed by atoms with E-state index in [0.717, 1.165) is 43.8 Å². The Bertz CT molecular complexity index is 3880. The van der Waals surface area contributed by atoms with Crippen LogP contribution in [-0.4, -0.2) is 49.4 Å². The van der Waals surface area contributed by atoms with E-state index in [2.05, 4.69) is 13.2 Å². The van der Waals surface area contributed by atoms with E-state index in [-0.39, 0.29) is 58.5 Å². The van der Waals surface area contributed by atoms with Gasteiger partial charge in [-0.1, -0.05) is 122 Å². The first-order valence-electron chi connectivity index (χ1n) is 26.2. The van der Waals surface area contributed by atoms with E-state index in [1.165, 1.54) is 38.1 Å². The molecule has 0 aliphatic rings. The number of carbonyl (C=O) groups excluding carboxylic acids is 6. The monoisotopic (exact) mass is 1110 g/mol. The molecule has 84 heavy (non-hydrogen) atoms. The molecular weight excluding hydrogens is 1060 g/mol. The van der Waals surface area contributed by atoms with Crippen LogP contribution < -0.4 is 28.4 Å². The lowest BCUT2D eigenvalue weighted by Crippen LogP contribution is -2.11. The zero-order valence-corrected chi connectivity index (χ0v) is 45.3. The summed E-state index contributed by atoms with van der Waals surface area (Å²) in [5, 5.41) is 3.25. The molecular formula is C70H50O14. The predicted octanol–water partition coefficient (Wildman–Crippen LogP) is 14.8. The number of hydrogen-bond donors (Lipinski definition) is 0. The highest BCUT2D eigenvalue weighted by Crippen LogP contribution is 2.46. The van der Waals surface area contributed by atoms with E-state index in [1.807, 2.05) is 60.7 Å². The summed E-state index contributed by atoms with van der Waals surface area (Å²) in [5.74, 6) is -1.61. The van der Waals surface area contributed by atoms with Gasteiger partial charge in [0.2, 0.25) is 13.6 Å². The first-order valence-corrected chi connectivity index (χ1v) is 26.2. The summed E-state index contributed by atoms with van der Waals surface area (Å²) >= 11 is 0. The fraction of sp³-hybridized carbons (Fsp3) is 0.0571. The van der Waals surface area contributed by atoms with Crippen LogP contribution in [-0.2, 0) is 19.1 Å². The maximum atomic E-state index is 14.2. The number of ether oxygens (including phenoxy) is 8. The SMILES string of the molecule is C=C(C)C(=O)OCOc1ccc(C(=O)Oc2ccc(-c3ccc(C(=O)Oc4ccc5ccccc5c4-c4c(OC(=O)c5ccc(-c6ccc(OC(=O)c7ccc(OCOC(=O)C(=C)C)cc7)cc6)cc5)ccc5ccccc45)cc3)cc2)cc1. The van der Waals surface area contributed by atoms with Crippen molar-refractivity contribution >= 4 is 57.4 Å². The quantitative estimate of drug-likeness (QED) is 0.0323. The molecule has 0 heterocycles. The minimum atomic E-state index is -0.614. The number of benzene rings is 10. The van der Waals surface area contributed by atoms with E-state index in [4.69, 9.17) is 37.9 Å². The summed E-state index contributed by atoms with van der Waals surface area (Å²) in [6.07, 6.45) is 0. The van der Waals surface area contributed by atoms with E-state index < -0.39 is 35.8 Å². The van der Waals surface area contributed by atoms with Crippen molar-refractivity contribution in [2.75, 3.05) is 13.6 Å². The number of esters is 6. The molecule has 0 radical (unpaired) electrons. The second-order valence-corrected chi connectivity index (χ2v) is 19.1. The molecule has 0 aromatic heterocycles. The van der Waals surface area contributed by atoms with E-state index >= 15 is 0 Å². The Kier molecular flexibility index (Phi) is 16.9. The Morgan fingerprint density at radius 1 is 0.321 bits per heavy atom. The number of hydrogen-bond acceptors (Lipinski definition) is 14. The lowest BCUT2D eigenvalue weighted by molar-refractivity contribution is -0.146. The lowest BCUT2D eigenvalue weighted by Gasteiger charge is -2.19. The molecule has 14 heteroatoms. The zero-order valence-electron chi connectivity index (χ0n) is 45.3. The highest BCUT2D eigenvalue weighted by molar-refractivity contribution is 6.11. The fourth-order valence-electron chi connectivity index (χ4n) is 8.79. The number of rotatable bonds is 19. The standard InChI is InChI=1S/C70H50O14/c1-43(2)65(71)79-41-77-55-31-25-53(26-32-55)67(73)81-57-35-21-47(22-36-57)45-13-17-51(18-14-45)69(75)83-61-39-29-49-9-5-7-11-59(49)63(61)64-60-12-8-6-10-50(60)30-40-62(64)84-70(76)52-19-15-46(16-20-52)48-23-37-58(38-24-48)82-68(74)54-27-33-56(34-28-54)78-42-80-66(72)44(3)4/h5-40H,1,3,41-42H2,2,4H3. The molecule has 0 unspecified atom stereocenters. The molecule has 10 aromatic rings. The Morgan fingerprint density at radius 3 is 0.940 bits per heavy atom. The Labute approximate surface area is 482 Å². The van der Waals surface area contributed by atoms with Gasteiger partial charge >= 0.3 is 35.8 Å². The van der Waals surface area contributed by atoms with Crippen molar-refractivity contribution in [3.8, 4) is 67.9 Å². The van der Waals surface area contributed by atoms with Crippen molar-refractivity contribution in [1.29, 1.82) is 0 Å². The molecule has 14 nitrogen and oxygen atoms in total. The molecule has 0 N–H and O–H groups in total. The van der Waals surface area contributed by atoms with Crippen LogP contribution in [0, 0.1) is 0 Å². The lowest BCUT2D eigenvalue weighted by atomic mass is 9.92. The summed E-state index contributed by atoms with van der Waals surface area (Å²) in [6.45, 7) is 9.51. The third-order valence-electron chi connectivity index (χ3n) is 13.2. The smallest absolute Gasteiger partial charge is 0.343 e. The van der Waals surface area contributed by atoms with Gasteiger partial charge in [-0.3, -0.25) is 0 Å². The van der Waals surface area contributed by atoms with Crippen LogP contribution in [0.4, 0.5) is 0 Å². The van der Waals surface area contributed by atoms with Crippen LogP contribution in [0.1, 0.15) is 55.3 Å². The van der Waals surface area contributed by atoms with E-state index in [9.17, 15) is 28.8 Å². The maximum absolute atomic E-state index is 14.2. The average molecular weight is 1120 g/mol. The molecule has 0 aliphatic carbocycles. The minimum Gasteiger partial charge on any atom is -0.457 e. The van der Waals surface area contributed by atoms with Crippen molar-refractivity contribution in [2.24, 2.45) is 0 Å². The van der Waals surface area contributed by atoms with Crippen molar-refractivity contribution in [3.05, 3.63) is 265 Å². The van der Waals surface area contributed by atoms with Gasteiger partial charge < -0.3 is 37.9 Å². The highest BCUT2D eigenvalue weighted by atomic mass is 16.7. The number of carbonyl (C=O) groups is 6. The third kappa shape index (κ3) is 13.3. The van der Waals surface area contributed by atoms with Crippen molar-refractivity contribution < 1.29 is 66.7 Å². The van der Waals surface area contributed by atoms with E-state index in [0.29, 0.717) is 34.1 Å². The molecule has 0 bridgehead atoms. The van der Waals surface area contributed by atoms with Gasteiger partial charge in [-0.15, -0.1) is 0 Å². The van der Waals surface area contributed by atoms with Crippen LogP contribution in [0.3, 0.4) is 0 Å². The summed E-state index contributed by atoms with van der Waals surface area (Å²) in [4.78, 5) is 77.4. The van der Waals surface area contributed by atoms with Gasteiger partial charge in [0, 0.05) is 22.3 Å². The maximum Gasteiger partial charge on any atom is 0.343 e. The molecule has 0 saturated heterocycles. The molecule has 0 aliphatic heterocycles. The number of fused-ring (bicyclic) bond motifs is 2. The molecule has 10 rings (SSSR count). The summed E-state index contributed by atoms with van der Waals surface area (Å²) < 4.78 is 44.5. The van der Waals surface area contributed by atoms with Crippen LogP contribution in [0.25, 0.3) is 54.9 Å². The van der Waals surface area contributed by atoms with E-state index in [1.54, 1.807) is 133 Å². The zero-order chi connectivity index (χ0) is 58.7.